The average molecular weight is 1650 g/mol. The molecule has 3 aliphatic carbocycles. The number of unbranched alkanes of at least 4 members (excludes halogenated alkanes) is 12. The first-order chi connectivity index (χ1) is 54.2. The maximum Gasteiger partial charge on any atom is 1.00 e. The van der Waals surface area contributed by atoms with Crippen LogP contribution in [0, 0.1) is 0 Å². The quantitative estimate of drug-likeness (QED) is 0.0105. The van der Waals surface area contributed by atoms with E-state index in [0.29, 0.717) is 49.3 Å². The first-order valence-corrected chi connectivity index (χ1v) is 40.8. The second kappa shape index (κ2) is 58.0. The van der Waals surface area contributed by atoms with Crippen LogP contribution < -0.4 is 35.2 Å². The summed E-state index contributed by atoms with van der Waals surface area (Å²) in [4.78, 5) is 89.9. The van der Waals surface area contributed by atoms with Gasteiger partial charge in [-0.1, -0.05) is 113 Å². The molecule has 1 saturated heterocycles. The zero-order valence-electron chi connectivity index (χ0n) is 68.6. The number of amides is 2. The van der Waals surface area contributed by atoms with Gasteiger partial charge in [-0.05, 0) is 244 Å². The monoisotopic (exact) mass is 1650 g/mol. The number of rotatable bonds is 34. The van der Waals surface area contributed by atoms with Gasteiger partial charge in [-0.15, -0.1) is 0 Å². The number of carboxylic acid groups (broad SMARTS) is 2. The molecule has 0 spiro atoms. The van der Waals surface area contributed by atoms with Crippen LogP contribution in [-0.2, 0) is 92.9 Å². The number of carbonyl (C=O) groups excluding carboxylic acids is 4. The number of aliphatic hydroxyl groups excluding tert-OH is 1. The van der Waals surface area contributed by atoms with Gasteiger partial charge in [-0.3, -0.25) is 44.5 Å². The summed E-state index contributed by atoms with van der Waals surface area (Å²) in [6.07, 6.45) is 43.1. The molecule has 1 fully saturated rings. The molecule has 24 nitrogen and oxygen atoms in total. The number of aromatic carboxylic acids is 1. The minimum atomic E-state index is -0.996. The number of nitrogens with two attached hydrogens (primary N) is 1. The number of aliphatic hydroxyl groups is 1. The first-order valence-electron chi connectivity index (χ1n) is 40.8. The van der Waals surface area contributed by atoms with E-state index < -0.39 is 30.1 Å². The van der Waals surface area contributed by atoms with Crippen LogP contribution in [0.3, 0.4) is 0 Å². The van der Waals surface area contributed by atoms with Crippen molar-refractivity contribution < 1.29 is 82.6 Å². The van der Waals surface area contributed by atoms with E-state index in [-0.39, 0.29) is 88.6 Å². The smallest absolute Gasteiger partial charge is 0.870 e. The van der Waals surface area contributed by atoms with E-state index in [0.717, 1.165) is 175 Å². The fraction of sp³-hybridized carbons (Fsp3) is 0.523. The number of aromatic nitrogens is 7. The number of hydrogen-bond donors (Lipinski definition) is 8. The van der Waals surface area contributed by atoms with Crippen molar-refractivity contribution in [2.75, 3.05) is 33.5 Å². The van der Waals surface area contributed by atoms with Gasteiger partial charge in [0, 0.05) is 82.6 Å². The fourth-order valence-corrected chi connectivity index (χ4v) is 14.4. The Balaban J connectivity index is 0.000000399. The Bertz CT molecular complexity index is 4250. The standard InChI is InChI=1S/C28H36N4O3.C26H32N4O3.C20H32N2O2.C9H7NO2.C4H8O.CH4O.Li.H2O.3H2S/c1-2-35-28(34)25(31-27(33)21-14-15-22-19-29-32-26(22)18-21)13-7-5-3-4-6-11-23-17-16-20-10-8-9-12-24(20)30-23;31-25(19-12-13-20-17-27-30-24(20)16-19)29-23(26(32)33)11-5-3-1-2-4-9-21-15-14-18-8-6-7-10-22(18)28-21;1-2-24-20(23)18(21)12-7-5-3-4-6-11-17-15-14-16-10-8-9-13-19(16)22-17;11-9(12)6-1-2-7-4-10-5-8(7)3-6;1-2-4-5-3-1;1-2;;;;;/h14-19,25H,2-13H2,1H3,(H,29,32)(H,31,33);12-17,23H,1-11H2,(H,27,30)(H,29,31)(H,32,33);14-15,18H,2-13,21H2,1H3;1-4H,5H2,(H,11,12);1-4H2;2H,1H3;;4*1H2/q;;;;;;+1;;;;/p-1/t25-;23-;18-;;;;;;;;/m000......../s1. The largest absolute Gasteiger partial charge is 1.00 e. The molecule has 0 saturated carbocycles. The second-order valence-corrected chi connectivity index (χ2v) is 29.1. The van der Waals surface area contributed by atoms with E-state index >= 15 is 0 Å². The number of aliphatic imine (C=N–C) groups is 1. The number of nitrogens with zero attached hydrogens (tertiary/aromatic N) is 6. The number of carbonyl (C=O) groups is 6. The fourth-order valence-electron chi connectivity index (χ4n) is 14.4. The van der Waals surface area contributed by atoms with Gasteiger partial charge in [0.2, 0.25) is 0 Å². The molecule has 28 heteroatoms. The van der Waals surface area contributed by atoms with Crippen LogP contribution in [-0.4, -0.2) is 150 Å². The van der Waals surface area contributed by atoms with Gasteiger partial charge < -0.3 is 51.4 Å². The van der Waals surface area contributed by atoms with Gasteiger partial charge in [0.25, 0.3) is 11.8 Å². The summed E-state index contributed by atoms with van der Waals surface area (Å²) >= 11 is 0. The van der Waals surface area contributed by atoms with Crippen LogP contribution in [0.25, 0.3) is 21.8 Å². The molecule has 8 aromatic rings. The summed E-state index contributed by atoms with van der Waals surface area (Å²) in [6, 6.07) is 27.0. The van der Waals surface area contributed by atoms with E-state index in [1.807, 2.05) is 13.0 Å². The zero-order chi connectivity index (χ0) is 78.8. The Morgan fingerprint density at radius 2 is 0.871 bits per heavy atom. The van der Waals surface area contributed by atoms with E-state index in [2.05, 4.69) is 72.4 Å². The minimum Gasteiger partial charge on any atom is -0.870 e. The molecule has 5 aromatic heterocycles. The van der Waals surface area contributed by atoms with Crippen molar-refractivity contribution in [1.29, 1.82) is 0 Å². The predicted molar refractivity (Wildman–Crippen MR) is 466 cm³/mol. The molecule has 5 aliphatic rings. The first kappa shape index (κ1) is 102. The molecule has 116 heavy (non-hydrogen) atoms. The van der Waals surface area contributed by atoms with Crippen molar-refractivity contribution in [2.45, 2.75) is 263 Å². The Morgan fingerprint density at radius 3 is 1.29 bits per heavy atom. The van der Waals surface area contributed by atoms with Gasteiger partial charge >= 0.3 is 42.7 Å². The van der Waals surface area contributed by atoms with Gasteiger partial charge in [0.1, 0.15) is 18.1 Å². The maximum absolute atomic E-state index is 12.8. The predicted octanol–water partition coefficient (Wildman–Crippen LogP) is 12.3. The topological polar surface area (TPSA) is 379 Å². The number of nitrogens with one attached hydrogen (secondary N) is 4. The third-order valence-corrected chi connectivity index (χ3v) is 20.7. The number of hydrogen-bond acceptors (Lipinski definition) is 18. The summed E-state index contributed by atoms with van der Waals surface area (Å²) in [5, 5.41) is 46.2. The molecule has 3 aromatic carbocycles. The maximum atomic E-state index is 12.8. The zero-order valence-corrected chi connectivity index (χ0v) is 71.6. The summed E-state index contributed by atoms with van der Waals surface area (Å²) < 4.78 is 15.1. The van der Waals surface area contributed by atoms with Crippen LogP contribution in [0.2, 0.25) is 0 Å². The van der Waals surface area contributed by atoms with Gasteiger partial charge in [0.05, 0.1) is 48.7 Å². The average Bonchev–Trinajstić information content (AvgIpc) is 1.78. The number of pyridine rings is 3. The van der Waals surface area contributed by atoms with Gasteiger partial charge in [0.15, 0.2) is 0 Å². The molecule has 7 heterocycles. The van der Waals surface area contributed by atoms with E-state index in [4.69, 9.17) is 45.1 Å². The number of esters is 2. The third kappa shape index (κ3) is 35.3. The molecule has 2 aliphatic heterocycles. The molecule has 3 atom stereocenters. The Morgan fingerprint density at radius 1 is 0.474 bits per heavy atom. The second-order valence-electron chi connectivity index (χ2n) is 29.1. The number of ether oxygens (including phenoxy) is 3. The van der Waals surface area contributed by atoms with Crippen molar-refractivity contribution in [1.82, 2.24) is 46.0 Å². The van der Waals surface area contributed by atoms with Crippen LogP contribution in [0.4, 0.5) is 0 Å². The molecule has 2 amide bonds. The van der Waals surface area contributed by atoms with E-state index in [1.165, 1.54) is 141 Å². The number of carboxylic acids is 2. The molecule has 10 N–H and O–H groups in total. The number of benzene rings is 3. The van der Waals surface area contributed by atoms with Crippen molar-refractivity contribution in [2.24, 2.45) is 10.7 Å². The summed E-state index contributed by atoms with van der Waals surface area (Å²) in [5.41, 5.74) is 22.5. The van der Waals surface area contributed by atoms with Crippen molar-refractivity contribution >= 4 is 104 Å². The molecular weight excluding hydrogens is 1520 g/mol. The Hall–Kier alpha value is -7.97. The van der Waals surface area contributed by atoms with Gasteiger partial charge in [-0.2, -0.15) is 50.7 Å². The van der Waals surface area contributed by atoms with Crippen LogP contribution in [0.1, 0.15) is 274 Å². The SMILES string of the molecule is C1CCOC1.CCOC(=O)[C@@H](N)CCCCCCCc1ccc2c(n1)CCCC2.CCOC(=O)[C@H](CCCCCCCc1ccc2c(n1)CCCC2)NC(=O)c1ccc2cn[nH]c2c1.CO.O=C(N[C@@H](CCCCCCCc1ccc2c(n1)CCCC2)C(=O)O)c1ccc2cn[nH]c2c1.O=C(O)c1ccc2c(c1)CN=C2.S.S.S.[Li+].[OH-]. The van der Waals surface area contributed by atoms with E-state index in [9.17, 15) is 33.9 Å². The number of fused-ring (bicyclic) bond motifs is 6. The van der Waals surface area contributed by atoms with Crippen LogP contribution in [0.15, 0.2) is 108 Å². The third-order valence-electron chi connectivity index (χ3n) is 20.7. The Kier molecular flexibility index (Phi) is 51.1. The number of H-pyrrole nitrogens is 2. The molecule has 0 bridgehead atoms. The number of aryl methyl sites for hydroxylation is 9. The molecular formula is C88H126LiN11O13S3. The molecule has 13 rings (SSSR count). The molecule has 0 radical (unpaired) electrons. The minimum absolute atomic E-state index is 0. The van der Waals surface area contributed by atoms with Crippen molar-refractivity contribution in [3.63, 3.8) is 0 Å². The summed E-state index contributed by atoms with van der Waals surface area (Å²) in [6.45, 7) is 6.89. The van der Waals surface area contributed by atoms with Gasteiger partial charge in [-0.25, -0.2) is 14.4 Å². The van der Waals surface area contributed by atoms with Crippen LogP contribution >= 0.6 is 40.5 Å². The van der Waals surface area contributed by atoms with E-state index in [1.54, 1.807) is 74.1 Å². The molecule has 630 valence electrons. The van der Waals surface area contributed by atoms with Crippen molar-refractivity contribution in [3.8, 4) is 0 Å². The Labute approximate surface area is 717 Å². The normalized spacial score (nSPS) is 13.7. The van der Waals surface area contributed by atoms with Crippen LogP contribution in [0.5, 0.6) is 0 Å². The number of aromatic amines is 2. The number of aliphatic carboxylic acids is 1. The summed E-state index contributed by atoms with van der Waals surface area (Å²) in [5.74, 6) is -3.18. The van der Waals surface area contributed by atoms with Crippen molar-refractivity contribution in [3.05, 3.63) is 182 Å². The molecule has 0 unspecified atom stereocenters. The summed E-state index contributed by atoms with van der Waals surface area (Å²) in [7, 11) is 1.00.